The number of carbonyl (C=O) groups excluding carboxylic acids is 3. The summed E-state index contributed by atoms with van der Waals surface area (Å²) in [5, 5.41) is 33.2. The average molecular weight is 464 g/mol. The van der Waals surface area contributed by atoms with Crippen molar-refractivity contribution in [3.8, 4) is 0 Å². The maximum absolute atomic E-state index is 15.9. The SMILES string of the molecule is O=C(c1ccccc1)C(O)[C@@H]1OC(O)(C(=O)c2ccccc2)[C@@H](F)C1(O)C(=O)c1ccccc1. The Balaban J connectivity index is 1.80. The van der Waals surface area contributed by atoms with Gasteiger partial charge in [-0.1, -0.05) is 91.0 Å². The zero-order chi connectivity index (χ0) is 24.5. The number of Topliss-reactive ketones (excluding diaryl/α,β-unsaturated/α-hetero) is 3. The third-order valence-corrected chi connectivity index (χ3v) is 5.85. The standard InChI is InChI=1S/C26H21FO7/c27-24-25(32,21(30)17-12-6-2-7-13-17)23(20(29)19(28)16-10-4-1-5-11-16)34-26(24,33)22(31)18-14-8-3-9-15-18/h1-15,20,23-24,29,32-33H/t20?,23-,24-,25?,26?/m0/s1. The summed E-state index contributed by atoms with van der Waals surface area (Å²) in [6, 6.07) is 21.5. The van der Waals surface area contributed by atoms with Crippen LogP contribution in [0.2, 0.25) is 0 Å². The normalized spacial score (nSPS) is 27.2. The molecule has 3 aromatic carbocycles. The fraction of sp³-hybridized carbons (Fsp3) is 0.192. The van der Waals surface area contributed by atoms with Crippen LogP contribution in [0.15, 0.2) is 91.0 Å². The van der Waals surface area contributed by atoms with Gasteiger partial charge in [-0.15, -0.1) is 0 Å². The van der Waals surface area contributed by atoms with Crippen LogP contribution < -0.4 is 0 Å². The van der Waals surface area contributed by atoms with Crippen LogP contribution >= 0.6 is 0 Å². The maximum atomic E-state index is 15.9. The Labute approximate surface area is 194 Å². The average Bonchev–Trinajstić information content (AvgIpc) is 3.11. The Hall–Kier alpha value is -3.56. The molecule has 0 amide bonds. The summed E-state index contributed by atoms with van der Waals surface area (Å²) in [5.74, 6) is -6.87. The Kier molecular flexibility index (Phi) is 6.24. The van der Waals surface area contributed by atoms with Crippen molar-refractivity contribution >= 4 is 17.3 Å². The lowest BCUT2D eigenvalue weighted by Gasteiger charge is -2.30. The summed E-state index contributed by atoms with van der Waals surface area (Å²) < 4.78 is 21.1. The first-order valence-electron chi connectivity index (χ1n) is 10.4. The van der Waals surface area contributed by atoms with Crippen molar-refractivity contribution in [1.29, 1.82) is 0 Å². The molecule has 3 N–H and O–H groups in total. The van der Waals surface area contributed by atoms with Gasteiger partial charge in [-0.3, -0.25) is 14.4 Å². The number of carbonyl (C=O) groups is 3. The highest BCUT2D eigenvalue weighted by Crippen LogP contribution is 2.44. The fourth-order valence-electron chi connectivity index (χ4n) is 4.03. The third kappa shape index (κ3) is 3.76. The van der Waals surface area contributed by atoms with E-state index in [-0.39, 0.29) is 16.7 Å². The minimum Gasteiger partial charge on any atom is -0.382 e. The lowest BCUT2D eigenvalue weighted by Crippen LogP contribution is -2.59. The number of rotatable bonds is 7. The first-order chi connectivity index (χ1) is 16.2. The third-order valence-electron chi connectivity index (χ3n) is 5.85. The van der Waals surface area contributed by atoms with E-state index in [1.54, 1.807) is 18.2 Å². The number of aliphatic hydroxyl groups is 3. The van der Waals surface area contributed by atoms with Crippen molar-refractivity contribution < 1.29 is 38.8 Å². The molecule has 0 bridgehead atoms. The summed E-state index contributed by atoms with van der Waals surface area (Å²) in [5.41, 5.74) is -3.60. The minimum atomic E-state index is -3.34. The van der Waals surface area contributed by atoms with Gasteiger partial charge in [0.25, 0.3) is 5.79 Å². The molecule has 4 rings (SSSR count). The molecule has 0 radical (unpaired) electrons. The summed E-state index contributed by atoms with van der Waals surface area (Å²) >= 11 is 0. The Morgan fingerprint density at radius 3 is 1.62 bits per heavy atom. The topological polar surface area (TPSA) is 121 Å². The molecule has 1 fully saturated rings. The van der Waals surface area contributed by atoms with Crippen LogP contribution in [0.1, 0.15) is 31.1 Å². The van der Waals surface area contributed by atoms with E-state index in [2.05, 4.69) is 0 Å². The molecule has 34 heavy (non-hydrogen) atoms. The molecular formula is C26H21FO7. The molecule has 1 aliphatic rings. The highest BCUT2D eigenvalue weighted by atomic mass is 19.1. The molecule has 174 valence electrons. The van der Waals surface area contributed by atoms with Crippen molar-refractivity contribution in [2.75, 3.05) is 0 Å². The van der Waals surface area contributed by atoms with Gasteiger partial charge in [-0.2, -0.15) is 0 Å². The molecule has 5 atom stereocenters. The number of benzene rings is 3. The molecule has 8 heteroatoms. The van der Waals surface area contributed by atoms with Gasteiger partial charge in [0, 0.05) is 16.7 Å². The first kappa shape index (κ1) is 23.6. The molecule has 0 aliphatic carbocycles. The van der Waals surface area contributed by atoms with Crippen LogP contribution in [0, 0.1) is 0 Å². The minimum absolute atomic E-state index is 0.00616. The number of aliphatic hydroxyl groups excluding tert-OH is 1. The fourth-order valence-corrected chi connectivity index (χ4v) is 4.03. The van der Waals surface area contributed by atoms with E-state index in [1.165, 1.54) is 72.8 Å². The second-order valence-corrected chi connectivity index (χ2v) is 7.99. The molecule has 3 unspecified atom stereocenters. The summed E-state index contributed by atoms with van der Waals surface area (Å²) in [7, 11) is 0. The Morgan fingerprint density at radius 1 is 0.735 bits per heavy atom. The van der Waals surface area contributed by atoms with Crippen LogP contribution in [0.4, 0.5) is 4.39 Å². The summed E-state index contributed by atoms with van der Waals surface area (Å²) in [6.07, 6.45) is -7.60. The molecule has 3 aromatic rings. The van der Waals surface area contributed by atoms with Crippen molar-refractivity contribution in [2.24, 2.45) is 0 Å². The zero-order valence-electron chi connectivity index (χ0n) is 17.7. The van der Waals surface area contributed by atoms with Crippen LogP contribution in [0.25, 0.3) is 0 Å². The molecule has 1 saturated heterocycles. The van der Waals surface area contributed by atoms with Crippen molar-refractivity contribution in [2.45, 2.75) is 29.8 Å². The molecule has 0 saturated carbocycles. The van der Waals surface area contributed by atoms with Gasteiger partial charge in [0.05, 0.1) is 0 Å². The number of hydrogen-bond acceptors (Lipinski definition) is 7. The number of ether oxygens (including phenoxy) is 1. The van der Waals surface area contributed by atoms with Gasteiger partial charge in [-0.25, -0.2) is 4.39 Å². The van der Waals surface area contributed by atoms with Crippen LogP contribution in [0.3, 0.4) is 0 Å². The predicted octanol–water partition coefficient (Wildman–Crippen LogP) is 2.15. The van der Waals surface area contributed by atoms with Crippen molar-refractivity contribution in [3.05, 3.63) is 108 Å². The monoisotopic (exact) mass is 464 g/mol. The van der Waals surface area contributed by atoms with E-state index in [0.717, 1.165) is 0 Å². The van der Waals surface area contributed by atoms with E-state index < -0.39 is 47.1 Å². The number of hydrogen-bond donors (Lipinski definition) is 3. The van der Waals surface area contributed by atoms with Gasteiger partial charge in [0.2, 0.25) is 12.0 Å². The van der Waals surface area contributed by atoms with E-state index in [1.807, 2.05) is 0 Å². The summed E-state index contributed by atoms with van der Waals surface area (Å²) in [4.78, 5) is 39.2. The number of halogens is 1. The second-order valence-electron chi connectivity index (χ2n) is 7.99. The lowest BCUT2D eigenvalue weighted by atomic mass is 9.79. The van der Waals surface area contributed by atoms with Crippen LogP contribution in [-0.4, -0.2) is 62.4 Å². The van der Waals surface area contributed by atoms with E-state index in [0.29, 0.717) is 0 Å². The lowest BCUT2D eigenvalue weighted by molar-refractivity contribution is -0.187. The molecule has 1 heterocycles. The zero-order valence-corrected chi connectivity index (χ0v) is 17.7. The van der Waals surface area contributed by atoms with Gasteiger partial charge in [0.15, 0.2) is 17.2 Å². The van der Waals surface area contributed by atoms with Gasteiger partial charge < -0.3 is 20.1 Å². The Bertz CT molecular complexity index is 1200. The van der Waals surface area contributed by atoms with E-state index in [4.69, 9.17) is 4.74 Å². The highest BCUT2D eigenvalue weighted by Gasteiger charge is 2.72. The molecule has 0 spiro atoms. The molecular weight excluding hydrogens is 443 g/mol. The smallest absolute Gasteiger partial charge is 0.267 e. The van der Waals surface area contributed by atoms with Gasteiger partial charge >= 0.3 is 0 Å². The number of ketones is 3. The van der Waals surface area contributed by atoms with Gasteiger partial charge in [0.1, 0.15) is 12.2 Å². The quantitative estimate of drug-likeness (QED) is 0.458. The highest BCUT2D eigenvalue weighted by molar-refractivity contribution is 6.08. The largest absolute Gasteiger partial charge is 0.382 e. The predicted molar refractivity (Wildman–Crippen MR) is 118 cm³/mol. The van der Waals surface area contributed by atoms with Gasteiger partial charge in [-0.05, 0) is 0 Å². The molecule has 0 aromatic heterocycles. The number of alkyl halides is 1. The van der Waals surface area contributed by atoms with Crippen molar-refractivity contribution in [1.82, 2.24) is 0 Å². The Morgan fingerprint density at radius 2 is 1.15 bits per heavy atom. The van der Waals surface area contributed by atoms with Crippen LogP contribution in [-0.2, 0) is 4.74 Å². The summed E-state index contributed by atoms with van der Waals surface area (Å²) in [6.45, 7) is 0. The first-order valence-corrected chi connectivity index (χ1v) is 10.4. The molecule has 1 aliphatic heterocycles. The van der Waals surface area contributed by atoms with E-state index in [9.17, 15) is 29.7 Å². The molecule has 7 nitrogen and oxygen atoms in total. The second kappa shape index (κ2) is 9.00. The van der Waals surface area contributed by atoms with E-state index >= 15 is 4.39 Å². The van der Waals surface area contributed by atoms with Crippen LogP contribution in [0.5, 0.6) is 0 Å². The van der Waals surface area contributed by atoms with Crippen molar-refractivity contribution in [3.63, 3.8) is 0 Å². The maximum Gasteiger partial charge on any atom is 0.267 e.